The fourth-order valence-corrected chi connectivity index (χ4v) is 2.16. The van der Waals surface area contributed by atoms with Gasteiger partial charge in [0.15, 0.2) is 0 Å². The zero-order valence-electron chi connectivity index (χ0n) is 9.01. The lowest BCUT2D eigenvalue weighted by Crippen LogP contribution is -2.29. The third-order valence-corrected chi connectivity index (χ3v) is 3.48. The summed E-state index contributed by atoms with van der Waals surface area (Å²) in [5.41, 5.74) is 6.67. The highest BCUT2D eigenvalue weighted by molar-refractivity contribution is 9.10. The first-order valence-electron chi connectivity index (χ1n) is 5.19. The van der Waals surface area contributed by atoms with E-state index in [4.69, 9.17) is 5.73 Å². The summed E-state index contributed by atoms with van der Waals surface area (Å²) in [7, 11) is 0. The standard InChI is InChI=1S/C11H13BrN2O3/c12-7-3-6(1-2-8(7)13)11(17)14-4-9(15)10(16)5-14/h1-3,9-10,15-16H,4-5,13H2. The molecule has 0 aliphatic carbocycles. The topological polar surface area (TPSA) is 86.8 Å². The zero-order valence-corrected chi connectivity index (χ0v) is 10.6. The van der Waals surface area contributed by atoms with E-state index in [1.165, 1.54) is 4.90 Å². The number of hydrogen-bond acceptors (Lipinski definition) is 4. The quantitative estimate of drug-likeness (QED) is 0.647. The highest BCUT2D eigenvalue weighted by Gasteiger charge is 2.32. The van der Waals surface area contributed by atoms with Crippen LogP contribution in [0.1, 0.15) is 10.4 Å². The Labute approximate surface area is 107 Å². The molecule has 92 valence electrons. The van der Waals surface area contributed by atoms with Crippen molar-refractivity contribution in [2.75, 3.05) is 18.8 Å². The van der Waals surface area contributed by atoms with E-state index in [1.807, 2.05) is 0 Å². The van der Waals surface area contributed by atoms with Crippen molar-refractivity contribution in [1.82, 2.24) is 4.90 Å². The molecule has 0 saturated carbocycles. The first-order chi connectivity index (χ1) is 7.99. The fourth-order valence-electron chi connectivity index (χ4n) is 1.78. The summed E-state index contributed by atoms with van der Waals surface area (Å²) in [5.74, 6) is -0.221. The number of anilines is 1. The number of amides is 1. The zero-order chi connectivity index (χ0) is 12.6. The van der Waals surface area contributed by atoms with E-state index in [0.717, 1.165) is 0 Å². The Bertz CT molecular complexity index is 442. The van der Waals surface area contributed by atoms with Crippen LogP contribution in [0.5, 0.6) is 0 Å². The number of aliphatic hydroxyl groups is 2. The fraction of sp³-hybridized carbons (Fsp3) is 0.364. The van der Waals surface area contributed by atoms with Gasteiger partial charge in [-0.05, 0) is 34.1 Å². The summed E-state index contributed by atoms with van der Waals surface area (Å²) in [5, 5.41) is 18.8. The maximum absolute atomic E-state index is 12.0. The first kappa shape index (κ1) is 12.3. The second-order valence-corrected chi connectivity index (χ2v) is 4.94. The van der Waals surface area contributed by atoms with Crippen LogP contribution in [0.4, 0.5) is 5.69 Å². The van der Waals surface area contributed by atoms with E-state index in [1.54, 1.807) is 18.2 Å². The average Bonchev–Trinajstić information content (AvgIpc) is 2.62. The smallest absolute Gasteiger partial charge is 0.254 e. The minimum absolute atomic E-state index is 0.155. The highest BCUT2D eigenvalue weighted by atomic mass is 79.9. The molecular formula is C11H13BrN2O3. The molecule has 17 heavy (non-hydrogen) atoms. The van der Waals surface area contributed by atoms with Crippen molar-refractivity contribution in [3.05, 3.63) is 28.2 Å². The van der Waals surface area contributed by atoms with Crippen molar-refractivity contribution in [2.45, 2.75) is 12.2 Å². The van der Waals surface area contributed by atoms with Gasteiger partial charge in [0.05, 0.1) is 12.2 Å². The van der Waals surface area contributed by atoms with Gasteiger partial charge in [-0.2, -0.15) is 0 Å². The minimum atomic E-state index is -0.865. The van der Waals surface area contributed by atoms with E-state index in [-0.39, 0.29) is 19.0 Å². The Hall–Kier alpha value is -1.11. The number of halogens is 1. The minimum Gasteiger partial charge on any atom is -0.398 e. The maximum Gasteiger partial charge on any atom is 0.254 e. The van der Waals surface area contributed by atoms with Gasteiger partial charge in [0.25, 0.3) is 5.91 Å². The van der Waals surface area contributed by atoms with Crippen LogP contribution >= 0.6 is 15.9 Å². The van der Waals surface area contributed by atoms with Crippen LogP contribution in [0.15, 0.2) is 22.7 Å². The van der Waals surface area contributed by atoms with E-state index < -0.39 is 12.2 Å². The van der Waals surface area contributed by atoms with Crippen molar-refractivity contribution in [3.63, 3.8) is 0 Å². The van der Waals surface area contributed by atoms with Crippen molar-refractivity contribution in [1.29, 1.82) is 0 Å². The Morgan fingerprint density at radius 2 is 1.94 bits per heavy atom. The van der Waals surface area contributed by atoms with Gasteiger partial charge >= 0.3 is 0 Å². The molecular weight excluding hydrogens is 288 g/mol. The Balaban J connectivity index is 2.17. The molecule has 2 atom stereocenters. The molecule has 6 heteroatoms. The van der Waals surface area contributed by atoms with E-state index in [0.29, 0.717) is 15.7 Å². The van der Waals surface area contributed by atoms with Crippen LogP contribution in [-0.4, -0.2) is 46.3 Å². The summed E-state index contributed by atoms with van der Waals surface area (Å²) in [6.45, 7) is 0.310. The molecule has 0 spiro atoms. The number of rotatable bonds is 1. The molecule has 4 N–H and O–H groups in total. The number of benzene rings is 1. The number of carbonyl (C=O) groups is 1. The molecule has 1 saturated heterocycles. The van der Waals surface area contributed by atoms with Gasteiger partial charge in [0.1, 0.15) is 0 Å². The van der Waals surface area contributed by atoms with E-state index in [2.05, 4.69) is 15.9 Å². The SMILES string of the molecule is Nc1ccc(C(=O)N2CC(O)C(O)C2)cc1Br. The molecule has 0 aromatic heterocycles. The van der Waals surface area contributed by atoms with E-state index >= 15 is 0 Å². The van der Waals surface area contributed by atoms with Gasteiger partial charge in [0, 0.05) is 28.8 Å². The van der Waals surface area contributed by atoms with Gasteiger partial charge in [0.2, 0.25) is 0 Å². The van der Waals surface area contributed by atoms with Gasteiger partial charge in [-0.15, -0.1) is 0 Å². The summed E-state index contributed by atoms with van der Waals surface area (Å²) in [4.78, 5) is 13.5. The highest BCUT2D eigenvalue weighted by Crippen LogP contribution is 2.22. The molecule has 1 heterocycles. The molecule has 2 unspecified atom stereocenters. The lowest BCUT2D eigenvalue weighted by atomic mass is 10.2. The van der Waals surface area contributed by atoms with Crippen LogP contribution in [-0.2, 0) is 0 Å². The first-order valence-corrected chi connectivity index (χ1v) is 5.99. The molecule has 0 bridgehead atoms. The molecule has 1 aromatic rings. The van der Waals surface area contributed by atoms with Crippen LogP contribution in [0.25, 0.3) is 0 Å². The maximum atomic E-state index is 12.0. The normalized spacial score (nSPS) is 24.1. The van der Waals surface area contributed by atoms with Gasteiger partial charge < -0.3 is 20.8 Å². The number of hydrogen-bond donors (Lipinski definition) is 3. The summed E-state index contributed by atoms with van der Waals surface area (Å²) < 4.78 is 0.656. The molecule has 5 nitrogen and oxygen atoms in total. The molecule has 1 fully saturated rings. The van der Waals surface area contributed by atoms with Crippen molar-refractivity contribution in [2.24, 2.45) is 0 Å². The molecule has 2 rings (SSSR count). The molecule has 1 aliphatic heterocycles. The third kappa shape index (κ3) is 2.43. The van der Waals surface area contributed by atoms with E-state index in [9.17, 15) is 15.0 Å². The van der Waals surface area contributed by atoms with Crippen molar-refractivity contribution < 1.29 is 15.0 Å². The Kier molecular flexibility index (Phi) is 3.37. The number of nitrogens with zero attached hydrogens (tertiary/aromatic N) is 1. The van der Waals surface area contributed by atoms with Crippen LogP contribution in [0, 0.1) is 0 Å². The largest absolute Gasteiger partial charge is 0.398 e. The predicted octanol–water partition coefficient (Wildman–Crippen LogP) is 0.209. The number of carbonyl (C=O) groups excluding carboxylic acids is 1. The number of likely N-dealkylation sites (tertiary alicyclic amines) is 1. The molecule has 0 radical (unpaired) electrons. The van der Waals surface area contributed by atoms with Gasteiger partial charge in [-0.25, -0.2) is 0 Å². The van der Waals surface area contributed by atoms with Crippen LogP contribution in [0.3, 0.4) is 0 Å². The van der Waals surface area contributed by atoms with Crippen LogP contribution < -0.4 is 5.73 Å². The third-order valence-electron chi connectivity index (χ3n) is 2.79. The van der Waals surface area contributed by atoms with Gasteiger partial charge in [-0.3, -0.25) is 4.79 Å². The van der Waals surface area contributed by atoms with Gasteiger partial charge in [-0.1, -0.05) is 0 Å². The van der Waals surface area contributed by atoms with Crippen LogP contribution in [0.2, 0.25) is 0 Å². The molecule has 1 amide bonds. The predicted molar refractivity (Wildman–Crippen MR) is 66.5 cm³/mol. The van der Waals surface area contributed by atoms with Crippen molar-refractivity contribution in [3.8, 4) is 0 Å². The Morgan fingerprint density at radius 3 is 2.47 bits per heavy atom. The monoisotopic (exact) mass is 300 g/mol. The lowest BCUT2D eigenvalue weighted by molar-refractivity contribution is 0.0572. The molecule has 1 aliphatic rings. The number of nitrogens with two attached hydrogens (primary N) is 1. The average molecular weight is 301 g/mol. The van der Waals surface area contributed by atoms with Crippen molar-refractivity contribution >= 4 is 27.5 Å². The Morgan fingerprint density at radius 1 is 1.35 bits per heavy atom. The lowest BCUT2D eigenvalue weighted by Gasteiger charge is -2.15. The summed E-state index contributed by atoms with van der Waals surface area (Å²) in [6.07, 6.45) is -1.73. The number of nitrogen functional groups attached to an aromatic ring is 1. The summed E-state index contributed by atoms with van der Waals surface area (Å²) >= 11 is 3.25. The number of aliphatic hydroxyl groups excluding tert-OH is 2. The molecule has 1 aromatic carbocycles. The summed E-state index contributed by atoms with van der Waals surface area (Å²) in [6, 6.07) is 4.90. The second-order valence-electron chi connectivity index (χ2n) is 4.08. The number of β-amino-alcohol motifs (C(OH)–C–C–N with tert-alkyl or cyclic N) is 2. The second kappa shape index (κ2) is 4.64.